The van der Waals surface area contributed by atoms with E-state index in [4.69, 9.17) is 9.47 Å². The van der Waals surface area contributed by atoms with E-state index in [-0.39, 0.29) is 5.91 Å². The molecule has 0 aliphatic carbocycles. The van der Waals surface area contributed by atoms with Crippen LogP contribution in [0.15, 0.2) is 35.3 Å². The minimum absolute atomic E-state index is 0.228. The first-order chi connectivity index (χ1) is 13.0. The number of amides is 1. The number of hydrogen-bond acceptors (Lipinski definition) is 4. The van der Waals surface area contributed by atoms with Crippen LogP contribution < -0.4 is 14.3 Å². The van der Waals surface area contributed by atoms with Crippen LogP contribution in [0, 0.1) is 13.8 Å². The molecule has 0 fully saturated rings. The van der Waals surface area contributed by atoms with Gasteiger partial charge in [0, 0.05) is 24.2 Å². The molecule has 0 N–H and O–H groups in total. The molecule has 3 aromatic rings. The number of fused-ring (bicyclic) bond motifs is 1. The van der Waals surface area contributed by atoms with Crippen LogP contribution in [-0.2, 0) is 6.54 Å². The summed E-state index contributed by atoms with van der Waals surface area (Å²) in [5.41, 5.74) is 3.84. The molecule has 1 amide bonds. The summed E-state index contributed by atoms with van der Waals surface area (Å²) >= 11 is 1.48. The Morgan fingerprint density at radius 1 is 1.07 bits per heavy atom. The van der Waals surface area contributed by atoms with Crippen LogP contribution in [0.2, 0.25) is 0 Å². The number of benzene rings is 2. The molecule has 1 heterocycles. The van der Waals surface area contributed by atoms with Crippen LogP contribution in [0.1, 0.15) is 34.8 Å². The Hall–Kier alpha value is -2.60. The molecule has 0 saturated carbocycles. The van der Waals surface area contributed by atoms with Gasteiger partial charge in [0.2, 0.25) is 0 Å². The summed E-state index contributed by atoms with van der Waals surface area (Å²) in [7, 11) is 3.24. The summed E-state index contributed by atoms with van der Waals surface area (Å²) < 4.78 is 13.9. The third kappa shape index (κ3) is 3.76. The normalized spacial score (nSPS) is 11.8. The zero-order chi connectivity index (χ0) is 19.6. The second-order valence-electron chi connectivity index (χ2n) is 6.43. The van der Waals surface area contributed by atoms with E-state index in [2.05, 4.69) is 16.5 Å². The largest absolute Gasteiger partial charge is 0.493 e. The van der Waals surface area contributed by atoms with Gasteiger partial charge >= 0.3 is 0 Å². The maximum atomic E-state index is 12.7. The molecule has 0 spiro atoms. The molecule has 0 aliphatic heterocycles. The number of hydrogen-bond donors (Lipinski definition) is 0. The molecule has 27 heavy (non-hydrogen) atoms. The highest BCUT2D eigenvalue weighted by Crippen LogP contribution is 2.33. The molecule has 3 rings (SSSR count). The summed E-state index contributed by atoms with van der Waals surface area (Å²) in [6.07, 6.45) is 0.936. The number of thiazole rings is 1. The highest BCUT2D eigenvalue weighted by Gasteiger charge is 2.13. The van der Waals surface area contributed by atoms with E-state index in [9.17, 15) is 4.79 Å². The van der Waals surface area contributed by atoms with Crippen molar-refractivity contribution in [3.05, 3.63) is 51.8 Å². The van der Waals surface area contributed by atoms with Gasteiger partial charge in [0.25, 0.3) is 5.91 Å². The first-order valence-corrected chi connectivity index (χ1v) is 9.71. The van der Waals surface area contributed by atoms with Gasteiger partial charge in [-0.1, -0.05) is 24.3 Å². The lowest BCUT2D eigenvalue weighted by Gasteiger charge is -2.09. The minimum atomic E-state index is -0.228. The molecular weight excluding hydrogens is 360 g/mol. The van der Waals surface area contributed by atoms with Crippen LogP contribution in [0.4, 0.5) is 0 Å². The standard InChI is InChI=1S/C21H24N2O3S/c1-6-9-23-16-11-17(25-4)18(26-5)12-19(16)27-21(23)22-20(24)15-8-7-13(2)14(3)10-15/h7-8,10-12H,6,9H2,1-5H3. The summed E-state index contributed by atoms with van der Waals surface area (Å²) in [4.78, 5) is 17.8. The van der Waals surface area contributed by atoms with Crippen LogP contribution in [0.5, 0.6) is 11.5 Å². The van der Waals surface area contributed by atoms with E-state index in [1.807, 2.05) is 44.2 Å². The van der Waals surface area contributed by atoms with Gasteiger partial charge < -0.3 is 14.0 Å². The fourth-order valence-electron chi connectivity index (χ4n) is 2.95. The van der Waals surface area contributed by atoms with Crippen molar-refractivity contribution in [2.24, 2.45) is 4.99 Å². The number of ether oxygens (including phenoxy) is 2. The monoisotopic (exact) mass is 384 g/mol. The van der Waals surface area contributed by atoms with Gasteiger partial charge in [0.05, 0.1) is 24.4 Å². The van der Waals surface area contributed by atoms with Gasteiger partial charge in [-0.2, -0.15) is 4.99 Å². The summed E-state index contributed by atoms with van der Waals surface area (Å²) in [6, 6.07) is 9.56. The van der Waals surface area contributed by atoms with Crippen molar-refractivity contribution in [1.29, 1.82) is 0 Å². The topological polar surface area (TPSA) is 52.8 Å². The SMILES string of the molecule is CCCn1c(=NC(=O)c2ccc(C)c(C)c2)sc2cc(OC)c(OC)cc21. The predicted octanol–water partition coefficient (Wildman–Crippen LogP) is 4.49. The van der Waals surface area contributed by atoms with Gasteiger partial charge in [-0.3, -0.25) is 4.79 Å². The lowest BCUT2D eigenvalue weighted by molar-refractivity contribution is 0.0997. The number of aromatic nitrogens is 1. The second kappa shape index (κ2) is 7.96. The molecule has 0 bridgehead atoms. The lowest BCUT2D eigenvalue weighted by Crippen LogP contribution is -2.17. The molecule has 0 unspecified atom stereocenters. The molecule has 6 heteroatoms. The Morgan fingerprint density at radius 2 is 1.78 bits per heavy atom. The van der Waals surface area contributed by atoms with Gasteiger partial charge in [-0.25, -0.2) is 0 Å². The van der Waals surface area contributed by atoms with Crippen molar-refractivity contribution in [2.45, 2.75) is 33.7 Å². The molecule has 2 aromatic carbocycles. The summed E-state index contributed by atoms with van der Waals surface area (Å²) in [5, 5.41) is 0. The van der Waals surface area contributed by atoms with Crippen molar-refractivity contribution in [3.8, 4) is 11.5 Å². The van der Waals surface area contributed by atoms with E-state index in [1.54, 1.807) is 14.2 Å². The first kappa shape index (κ1) is 19.2. The lowest BCUT2D eigenvalue weighted by atomic mass is 10.1. The zero-order valence-electron chi connectivity index (χ0n) is 16.3. The van der Waals surface area contributed by atoms with Gasteiger partial charge in [0.15, 0.2) is 16.3 Å². The third-order valence-corrected chi connectivity index (χ3v) is 5.63. The average Bonchev–Trinajstić information content (AvgIpc) is 2.99. The maximum Gasteiger partial charge on any atom is 0.279 e. The molecule has 142 valence electrons. The highest BCUT2D eigenvalue weighted by molar-refractivity contribution is 7.16. The van der Waals surface area contributed by atoms with E-state index < -0.39 is 0 Å². The third-order valence-electron chi connectivity index (χ3n) is 4.59. The zero-order valence-corrected chi connectivity index (χ0v) is 17.1. The van der Waals surface area contributed by atoms with Gasteiger partial charge in [-0.05, 0) is 43.5 Å². The van der Waals surface area contributed by atoms with Crippen molar-refractivity contribution >= 4 is 27.5 Å². The van der Waals surface area contributed by atoms with Crippen LogP contribution in [0.3, 0.4) is 0 Å². The van der Waals surface area contributed by atoms with Crippen LogP contribution in [0.25, 0.3) is 10.2 Å². The Balaban J connectivity index is 2.16. The second-order valence-corrected chi connectivity index (χ2v) is 7.44. The molecule has 5 nitrogen and oxygen atoms in total. The molecular formula is C21H24N2O3S. The highest BCUT2D eigenvalue weighted by atomic mass is 32.1. The van der Waals surface area contributed by atoms with Crippen molar-refractivity contribution in [1.82, 2.24) is 4.57 Å². The molecule has 1 aromatic heterocycles. The van der Waals surface area contributed by atoms with Crippen molar-refractivity contribution < 1.29 is 14.3 Å². The number of carbonyl (C=O) groups is 1. The molecule has 0 radical (unpaired) electrons. The van der Waals surface area contributed by atoms with Crippen molar-refractivity contribution in [3.63, 3.8) is 0 Å². The smallest absolute Gasteiger partial charge is 0.279 e. The molecule has 0 saturated heterocycles. The molecule has 0 atom stereocenters. The Bertz CT molecular complexity index is 1060. The fourth-order valence-corrected chi connectivity index (χ4v) is 4.01. The summed E-state index contributed by atoms with van der Waals surface area (Å²) in [6.45, 7) is 6.91. The van der Waals surface area contributed by atoms with Gasteiger partial charge in [0.1, 0.15) is 0 Å². The Morgan fingerprint density at radius 3 is 2.41 bits per heavy atom. The van der Waals surface area contributed by atoms with E-state index in [0.29, 0.717) is 21.9 Å². The van der Waals surface area contributed by atoms with E-state index in [1.165, 1.54) is 11.3 Å². The van der Waals surface area contributed by atoms with Gasteiger partial charge in [-0.15, -0.1) is 0 Å². The number of carbonyl (C=O) groups excluding carboxylic acids is 1. The Kier molecular flexibility index (Phi) is 5.65. The summed E-state index contributed by atoms with van der Waals surface area (Å²) in [5.74, 6) is 1.11. The van der Waals surface area contributed by atoms with Crippen molar-refractivity contribution in [2.75, 3.05) is 14.2 Å². The van der Waals surface area contributed by atoms with E-state index in [0.717, 1.165) is 34.3 Å². The minimum Gasteiger partial charge on any atom is -0.493 e. The number of nitrogens with zero attached hydrogens (tertiary/aromatic N) is 2. The van der Waals surface area contributed by atoms with Crippen LogP contribution in [-0.4, -0.2) is 24.7 Å². The maximum absolute atomic E-state index is 12.7. The van der Waals surface area contributed by atoms with E-state index >= 15 is 0 Å². The fraction of sp³-hybridized carbons (Fsp3) is 0.333. The first-order valence-electron chi connectivity index (χ1n) is 8.90. The number of methoxy groups -OCH3 is 2. The number of rotatable bonds is 5. The number of aryl methyl sites for hydroxylation is 3. The Labute approximate surface area is 162 Å². The predicted molar refractivity (Wildman–Crippen MR) is 109 cm³/mol. The van der Waals surface area contributed by atoms with Crippen LogP contribution >= 0.6 is 11.3 Å². The average molecular weight is 385 g/mol. The molecule has 0 aliphatic rings. The quantitative estimate of drug-likeness (QED) is 0.651.